The van der Waals surface area contributed by atoms with Crippen LogP contribution in [0.4, 0.5) is 0 Å². The Kier molecular flexibility index (Phi) is 2.88. The van der Waals surface area contributed by atoms with Gasteiger partial charge in [-0.25, -0.2) is 4.98 Å². The van der Waals surface area contributed by atoms with Crippen LogP contribution in [-0.2, 0) is 0 Å². The first kappa shape index (κ1) is 11.8. The van der Waals surface area contributed by atoms with Gasteiger partial charge in [-0.15, -0.1) is 0 Å². The molecule has 0 amide bonds. The van der Waals surface area contributed by atoms with Gasteiger partial charge in [-0.05, 0) is 30.3 Å². The highest BCUT2D eigenvalue weighted by molar-refractivity contribution is 9.10. The molecule has 0 atom stereocenters. The lowest BCUT2D eigenvalue weighted by molar-refractivity contribution is 0.415. The lowest BCUT2D eigenvalue weighted by Crippen LogP contribution is -1.87. The molecule has 3 aromatic rings. The van der Waals surface area contributed by atoms with E-state index in [4.69, 9.17) is 16.3 Å². The third-order valence-corrected chi connectivity index (χ3v) is 3.78. The van der Waals surface area contributed by atoms with E-state index < -0.39 is 0 Å². The standard InChI is InChI=1S/C14H9BrClNO/c1-18-9-3-5-12-11(7-9)14(16)10-4-2-8(15)6-13(10)17-12/h2-7H,1H3. The monoisotopic (exact) mass is 321 g/mol. The van der Waals surface area contributed by atoms with E-state index in [2.05, 4.69) is 20.9 Å². The van der Waals surface area contributed by atoms with E-state index in [9.17, 15) is 0 Å². The molecule has 4 heteroatoms. The van der Waals surface area contributed by atoms with Crippen molar-refractivity contribution in [3.8, 4) is 5.75 Å². The molecule has 1 aromatic heterocycles. The van der Waals surface area contributed by atoms with Crippen molar-refractivity contribution in [2.24, 2.45) is 0 Å². The first-order valence-corrected chi connectivity index (χ1v) is 6.58. The fraction of sp³-hybridized carbons (Fsp3) is 0.0714. The number of hydrogen-bond donors (Lipinski definition) is 0. The fourth-order valence-electron chi connectivity index (χ4n) is 1.97. The summed E-state index contributed by atoms with van der Waals surface area (Å²) in [7, 11) is 1.64. The van der Waals surface area contributed by atoms with Gasteiger partial charge in [-0.2, -0.15) is 0 Å². The zero-order chi connectivity index (χ0) is 12.7. The summed E-state index contributed by atoms with van der Waals surface area (Å²) >= 11 is 9.89. The molecule has 3 rings (SSSR count). The quantitative estimate of drug-likeness (QED) is 0.600. The van der Waals surface area contributed by atoms with E-state index in [1.165, 1.54) is 0 Å². The Bertz CT molecular complexity index is 757. The van der Waals surface area contributed by atoms with E-state index in [-0.39, 0.29) is 0 Å². The number of pyridine rings is 1. The minimum Gasteiger partial charge on any atom is -0.497 e. The molecule has 0 aliphatic rings. The SMILES string of the molecule is COc1ccc2nc3cc(Br)ccc3c(Cl)c2c1. The second kappa shape index (κ2) is 4.41. The molecule has 0 radical (unpaired) electrons. The smallest absolute Gasteiger partial charge is 0.119 e. The van der Waals surface area contributed by atoms with Crippen molar-refractivity contribution in [1.29, 1.82) is 0 Å². The van der Waals surface area contributed by atoms with Crippen molar-refractivity contribution in [3.05, 3.63) is 45.9 Å². The first-order valence-electron chi connectivity index (χ1n) is 5.41. The predicted octanol–water partition coefficient (Wildman–Crippen LogP) is 4.81. The number of nitrogens with zero attached hydrogens (tertiary/aromatic N) is 1. The molecule has 0 aliphatic carbocycles. The average molecular weight is 323 g/mol. The van der Waals surface area contributed by atoms with Crippen LogP contribution >= 0.6 is 27.5 Å². The van der Waals surface area contributed by atoms with Crippen LogP contribution in [-0.4, -0.2) is 12.1 Å². The highest BCUT2D eigenvalue weighted by Gasteiger charge is 2.08. The third-order valence-electron chi connectivity index (χ3n) is 2.88. The zero-order valence-electron chi connectivity index (χ0n) is 9.58. The van der Waals surface area contributed by atoms with Gasteiger partial charge >= 0.3 is 0 Å². The Morgan fingerprint density at radius 3 is 2.67 bits per heavy atom. The Morgan fingerprint density at radius 1 is 1.06 bits per heavy atom. The van der Waals surface area contributed by atoms with Gasteiger partial charge in [-0.1, -0.05) is 33.6 Å². The van der Waals surface area contributed by atoms with E-state index >= 15 is 0 Å². The second-order valence-corrected chi connectivity index (χ2v) is 5.26. The van der Waals surface area contributed by atoms with E-state index in [0.29, 0.717) is 5.02 Å². The molecule has 0 saturated carbocycles. The van der Waals surface area contributed by atoms with Gasteiger partial charge in [-0.3, -0.25) is 0 Å². The van der Waals surface area contributed by atoms with Crippen LogP contribution in [0.1, 0.15) is 0 Å². The Balaban J connectivity index is 2.44. The molecule has 0 N–H and O–H groups in total. The van der Waals surface area contributed by atoms with Crippen LogP contribution < -0.4 is 4.74 Å². The van der Waals surface area contributed by atoms with Crippen molar-refractivity contribution in [2.45, 2.75) is 0 Å². The molecule has 0 spiro atoms. The molecule has 0 unspecified atom stereocenters. The summed E-state index contributed by atoms with van der Waals surface area (Å²) in [6, 6.07) is 11.6. The molecule has 90 valence electrons. The molecule has 2 nitrogen and oxygen atoms in total. The normalized spacial score (nSPS) is 11.1. The molecular weight excluding hydrogens is 314 g/mol. The van der Waals surface area contributed by atoms with Gasteiger partial charge in [0.05, 0.1) is 23.2 Å². The second-order valence-electron chi connectivity index (χ2n) is 3.97. The van der Waals surface area contributed by atoms with Gasteiger partial charge in [0.2, 0.25) is 0 Å². The van der Waals surface area contributed by atoms with E-state index in [1.807, 2.05) is 36.4 Å². The molecule has 2 aromatic carbocycles. The molecule has 1 heterocycles. The molecular formula is C14H9BrClNO. The van der Waals surface area contributed by atoms with Crippen LogP contribution in [0.3, 0.4) is 0 Å². The zero-order valence-corrected chi connectivity index (χ0v) is 11.9. The molecule has 0 aliphatic heterocycles. The lowest BCUT2D eigenvalue weighted by Gasteiger charge is -2.07. The van der Waals surface area contributed by atoms with Crippen molar-refractivity contribution in [1.82, 2.24) is 4.98 Å². The minimum atomic E-state index is 0.710. The van der Waals surface area contributed by atoms with Gasteiger partial charge in [0.1, 0.15) is 5.75 Å². The number of fused-ring (bicyclic) bond motifs is 2. The Hall–Kier alpha value is -1.32. The highest BCUT2D eigenvalue weighted by atomic mass is 79.9. The maximum Gasteiger partial charge on any atom is 0.119 e. The summed E-state index contributed by atoms with van der Waals surface area (Å²) in [6.07, 6.45) is 0. The Morgan fingerprint density at radius 2 is 1.89 bits per heavy atom. The van der Waals surface area contributed by atoms with Crippen LogP contribution in [0.25, 0.3) is 21.8 Å². The van der Waals surface area contributed by atoms with Crippen LogP contribution in [0, 0.1) is 0 Å². The molecule has 0 saturated heterocycles. The number of aromatic nitrogens is 1. The van der Waals surface area contributed by atoms with Crippen LogP contribution in [0.5, 0.6) is 5.75 Å². The molecule has 0 fully saturated rings. The van der Waals surface area contributed by atoms with E-state index in [1.54, 1.807) is 7.11 Å². The largest absolute Gasteiger partial charge is 0.497 e. The molecule has 0 bridgehead atoms. The number of rotatable bonds is 1. The van der Waals surface area contributed by atoms with Crippen molar-refractivity contribution >= 4 is 49.3 Å². The maximum absolute atomic E-state index is 6.44. The van der Waals surface area contributed by atoms with Gasteiger partial charge < -0.3 is 4.74 Å². The Labute approximate surface area is 118 Å². The lowest BCUT2D eigenvalue weighted by atomic mass is 10.1. The fourth-order valence-corrected chi connectivity index (χ4v) is 2.63. The van der Waals surface area contributed by atoms with Crippen LogP contribution in [0.15, 0.2) is 40.9 Å². The average Bonchev–Trinajstić information content (AvgIpc) is 2.38. The number of methoxy groups -OCH3 is 1. The number of benzene rings is 2. The summed E-state index contributed by atoms with van der Waals surface area (Å²) < 4.78 is 6.21. The van der Waals surface area contributed by atoms with Gasteiger partial charge in [0.15, 0.2) is 0 Å². The number of ether oxygens (including phenoxy) is 1. The summed E-state index contributed by atoms with van der Waals surface area (Å²) in [6.45, 7) is 0. The van der Waals surface area contributed by atoms with Crippen molar-refractivity contribution in [2.75, 3.05) is 7.11 Å². The van der Waals surface area contributed by atoms with E-state index in [0.717, 1.165) is 32.0 Å². The predicted molar refractivity (Wildman–Crippen MR) is 78.5 cm³/mol. The maximum atomic E-state index is 6.44. The summed E-state index contributed by atoms with van der Waals surface area (Å²) in [4.78, 5) is 4.60. The third kappa shape index (κ3) is 1.84. The van der Waals surface area contributed by atoms with Gasteiger partial charge in [0, 0.05) is 15.2 Å². The summed E-state index contributed by atoms with van der Waals surface area (Å²) in [5.74, 6) is 0.780. The first-order chi connectivity index (χ1) is 8.69. The van der Waals surface area contributed by atoms with Crippen molar-refractivity contribution < 1.29 is 4.74 Å². The highest BCUT2D eigenvalue weighted by Crippen LogP contribution is 2.33. The van der Waals surface area contributed by atoms with Crippen molar-refractivity contribution in [3.63, 3.8) is 0 Å². The number of halogens is 2. The summed E-state index contributed by atoms with van der Waals surface area (Å²) in [5.41, 5.74) is 1.75. The van der Waals surface area contributed by atoms with Crippen LogP contribution in [0.2, 0.25) is 5.02 Å². The number of hydrogen-bond acceptors (Lipinski definition) is 2. The minimum absolute atomic E-state index is 0.710. The summed E-state index contributed by atoms with van der Waals surface area (Å²) in [5, 5.41) is 2.56. The topological polar surface area (TPSA) is 22.1 Å². The molecule has 18 heavy (non-hydrogen) atoms. The van der Waals surface area contributed by atoms with Gasteiger partial charge in [0.25, 0.3) is 0 Å².